The Balaban J connectivity index is 0. The summed E-state index contributed by atoms with van der Waals surface area (Å²) < 4.78 is 7.19. The molecule has 20 heavy (non-hydrogen) atoms. The third-order valence-electron chi connectivity index (χ3n) is 2.15. The molecular weight excluding hydrogens is 248 g/mol. The minimum absolute atomic E-state index is 0.645. The van der Waals surface area contributed by atoms with Gasteiger partial charge in [-0.3, -0.25) is 0 Å². The van der Waals surface area contributed by atoms with Crippen LogP contribution in [0.15, 0.2) is 36.9 Å². The number of aryl methyl sites for hydroxylation is 1. The van der Waals surface area contributed by atoms with Gasteiger partial charge in [-0.1, -0.05) is 58.6 Å². The summed E-state index contributed by atoms with van der Waals surface area (Å²) in [7, 11) is 1.87. The van der Waals surface area contributed by atoms with Crippen molar-refractivity contribution in [3.8, 4) is 5.88 Å². The lowest BCUT2D eigenvalue weighted by Gasteiger charge is -1.99. The van der Waals surface area contributed by atoms with Gasteiger partial charge in [0.1, 0.15) is 0 Å². The Kier molecular flexibility index (Phi) is 14.0. The van der Waals surface area contributed by atoms with E-state index in [1.807, 2.05) is 72.9 Å². The Bertz CT molecular complexity index is 415. The molecule has 0 amide bonds. The zero-order valence-corrected chi connectivity index (χ0v) is 14.1. The van der Waals surface area contributed by atoms with Gasteiger partial charge >= 0.3 is 0 Å². The highest BCUT2D eigenvalue weighted by Crippen LogP contribution is 2.20. The molecule has 0 bridgehead atoms. The SMILES string of the molecule is C=C/C=C\C(=C/C)c1cc(OCC)n(C)n1.CC.CC. The second-order valence-corrected chi connectivity index (χ2v) is 3.26. The average molecular weight is 278 g/mol. The Morgan fingerprint density at radius 3 is 2.40 bits per heavy atom. The van der Waals surface area contributed by atoms with Crippen LogP contribution in [0.1, 0.15) is 47.2 Å². The molecule has 0 fully saturated rings. The topological polar surface area (TPSA) is 27.1 Å². The van der Waals surface area contributed by atoms with Gasteiger partial charge < -0.3 is 4.74 Å². The van der Waals surface area contributed by atoms with Crippen molar-refractivity contribution in [2.75, 3.05) is 6.61 Å². The maximum atomic E-state index is 5.45. The molecule has 3 heteroatoms. The molecule has 1 heterocycles. The van der Waals surface area contributed by atoms with Crippen LogP contribution in [0.3, 0.4) is 0 Å². The molecule has 0 N–H and O–H groups in total. The van der Waals surface area contributed by atoms with E-state index in [2.05, 4.69) is 11.7 Å². The molecule has 0 atom stereocenters. The molecule has 1 aromatic heterocycles. The van der Waals surface area contributed by atoms with E-state index in [0.29, 0.717) is 6.61 Å². The van der Waals surface area contributed by atoms with Gasteiger partial charge in [-0.25, -0.2) is 4.68 Å². The maximum Gasteiger partial charge on any atom is 0.212 e. The summed E-state index contributed by atoms with van der Waals surface area (Å²) in [6, 6.07) is 1.94. The zero-order valence-electron chi connectivity index (χ0n) is 14.1. The van der Waals surface area contributed by atoms with Gasteiger partial charge in [0.2, 0.25) is 5.88 Å². The van der Waals surface area contributed by atoms with Crippen molar-refractivity contribution in [2.45, 2.75) is 41.5 Å². The fraction of sp³-hybridized carbons (Fsp3) is 0.471. The number of nitrogens with zero attached hydrogens (tertiary/aromatic N) is 2. The fourth-order valence-corrected chi connectivity index (χ4v) is 1.38. The predicted molar refractivity (Wildman–Crippen MR) is 90.1 cm³/mol. The molecule has 114 valence electrons. The third kappa shape index (κ3) is 6.98. The van der Waals surface area contributed by atoms with Crippen LogP contribution in [-0.4, -0.2) is 16.4 Å². The highest BCUT2D eigenvalue weighted by atomic mass is 16.5. The van der Waals surface area contributed by atoms with E-state index in [1.165, 1.54) is 0 Å². The van der Waals surface area contributed by atoms with Gasteiger partial charge in [0.05, 0.1) is 12.3 Å². The first-order chi connectivity index (χ1) is 9.72. The van der Waals surface area contributed by atoms with E-state index in [-0.39, 0.29) is 0 Å². The average Bonchev–Trinajstić information content (AvgIpc) is 2.86. The molecule has 0 saturated carbocycles. The second kappa shape index (κ2) is 13.7. The molecule has 1 rings (SSSR count). The van der Waals surface area contributed by atoms with Crippen LogP contribution in [-0.2, 0) is 7.05 Å². The van der Waals surface area contributed by atoms with Crippen LogP contribution >= 0.6 is 0 Å². The molecule has 0 aliphatic carbocycles. The lowest BCUT2D eigenvalue weighted by Crippen LogP contribution is -1.98. The monoisotopic (exact) mass is 278 g/mol. The largest absolute Gasteiger partial charge is 0.478 e. The number of ether oxygens (including phenoxy) is 1. The Morgan fingerprint density at radius 2 is 1.95 bits per heavy atom. The minimum Gasteiger partial charge on any atom is -0.478 e. The molecule has 0 unspecified atom stereocenters. The van der Waals surface area contributed by atoms with Gasteiger partial charge in [0, 0.05) is 13.1 Å². The normalized spacial score (nSPS) is 10.2. The van der Waals surface area contributed by atoms with Crippen molar-refractivity contribution in [2.24, 2.45) is 7.05 Å². The van der Waals surface area contributed by atoms with Crippen LogP contribution < -0.4 is 4.74 Å². The summed E-state index contributed by atoms with van der Waals surface area (Å²) in [6.07, 6.45) is 7.63. The van der Waals surface area contributed by atoms with Crippen molar-refractivity contribution >= 4 is 5.57 Å². The van der Waals surface area contributed by atoms with Crippen LogP contribution in [0.25, 0.3) is 5.57 Å². The first kappa shape index (κ1) is 20.5. The van der Waals surface area contributed by atoms with Gasteiger partial charge in [0.15, 0.2) is 0 Å². The molecule has 3 nitrogen and oxygen atoms in total. The van der Waals surface area contributed by atoms with E-state index in [0.717, 1.165) is 17.1 Å². The summed E-state index contributed by atoms with van der Waals surface area (Å²) in [5, 5.41) is 4.39. The molecule has 0 aliphatic heterocycles. The van der Waals surface area contributed by atoms with Crippen LogP contribution in [0.2, 0.25) is 0 Å². The fourth-order valence-electron chi connectivity index (χ4n) is 1.38. The molecule has 0 radical (unpaired) electrons. The lowest BCUT2D eigenvalue weighted by atomic mass is 10.1. The second-order valence-electron chi connectivity index (χ2n) is 3.26. The Morgan fingerprint density at radius 1 is 1.35 bits per heavy atom. The summed E-state index contributed by atoms with van der Waals surface area (Å²) in [5.74, 6) is 0.781. The minimum atomic E-state index is 0.645. The first-order valence-corrected chi connectivity index (χ1v) is 7.35. The summed E-state index contributed by atoms with van der Waals surface area (Å²) in [6.45, 7) is 16.2. The van der Waals surface area contributed by atoms with Gasteiger partial charge in [-0.15, -0.1) is 0 Å². The number of aromatic nitrogens is 2. The standard InChI is InChI=1S/C13H18N2O.2C2H6/c1-5-8-9-11(6-2)12-10-13(16-7-3)15(4)14-12;2*1-2/h5-6,8-10H,1,7H2,2-4H3;2*1-2H3/b9-8-,11-6+;;. The smallest absolute Gasteiger partial charge is 0.212 e. The van der Waals surface area contributed by atoms with Crippen molar-refractivity contribution in [3.63, 3.8) is 0 Å². The van der Waals surface area contributed by atoms with E-state index < -0.39 is 0 Å². The molecular formula is C17H30N2O. The molecule has 0 saturated heterocycles. The molecule has 0 aromatic carbocycles. The lowest BCUT2D eigenvalue weighted by molar-refractivity contribution is 0.309. The Labute approximate surface area is 124 Å². The number of rotatable bonds is 5. The molecule has 0 aliphatic rings. The van der Waals surface area contributed by atoms with Crippen molar-refractivity contribution in [3.05, 3.63) is 42.6 Å². The van der Waals surface area contributed by atoms with Crippen LogP contribution in [0.4, 0.5) is 0 Å². The predicted octanol–water partition coefficient (Wildman–Crippen LogP) is 5.02. The maximum absolute atomic E-state index is 5.45. The van der Waals surface area contributed by atoms with Gasteiger partial charge in [-0.2, -0.15) is 5.10 Å². The zero-order chi connectivity index (χ0) is 16.0. The summed E-state index contributed by atoms with van der Waals surface area (Å²) in [4.78, 5) is 0. The summed E-state index contributed by atoms with van der Waals surface area (Å²) >= 11 is 0. The number of hydrogen-bond acceptors (Lipinski definition) is 2. The first-order valence-electron chi connectivity index (χ1n) is 7.35. The van der Waals surface area contributed by atoms with E-state index in [4.69, 9.17) is 4.74 Å². The molecule has 1 aromatic rings. The van der Waals surface area contributed by atoms with E-state index in [1.54, 1.807) is 10.8 Å². The van der Waals surface area contributed by atoms with Crippen LogP contribution in [0, 0.1) is 0 Å². The quantitative estimate of drug-likeness (QED) is 0.707. The number of allylic oxidation sites excluding steroid dienone is 5. The van der Waals surface area contributed by atoms with Crippen molar-refractivity contribution in [1.82, 2.24) is 9.78 Å². The van der Waals surface area contributed by atoms with E-state index in [9.17, 15) is 0 Å². The van der Waals surface area contributed by atoms with Crippen molar-refractivity contribution < 1.29 is 4.74 Å². The van der Waals surface area contributed by atoms with Gasteiger partial charge in [-0.05, 0) is 19.4 Å². The van der Waals surface area contributed by atoms with Gasteiger partial charge in [0.25, 0.3) is 0 Å². The van der Waals surface area contributed by atoms with Crippen LogP contribution in [0.5, 0.6) is 5.88 Å². The highest BCUT2D eigenvalue weighted by Gasteiger charge is 2.07. The van der Waals surface area contributed by atoms with E-state index >= 15 is 0 Å². The highest BCUT2D eigenvalue weighted by molar-refractivity contribution is 5.72. The third-order valence-corrected chi connectivity index (χ3v) is 2.15. The molecule has 0 spiro atoms. The van der Waals surface area contributed by atoms with Crippen molar-refractivity contribution in [1.29, 1.82) is 0 Å². The number of hydrogen-bond donors (Lipinski definition) is 0. The Hall–Kier alpha value is -1.77. The summed E-state index contributed by atoms with van der Waals surface area (Å²) in [5.41, 5.74) is 1.97.